The molecular weight excluding hydrogens is 218 g/mol. The fourth-order valence-corrected chi connectivity index (χ4v) is 2.15. The van der Waals surface area contributed by atoms with Crippen LogP contribution in [0.5, 0.6) is 0 Å². The van der Waals surface area contributed by atoms with E-state index in [1.807, 2.05) is 0 Å². The highest BCUT2D eigenvalue weighted by Gasteiger charge is 2.33. The number of para-hydroxylation sites is 1. The van der Waals surface area contributed by atoms with Crippen molar-refractivity contribution in [1.82, 2.24) is 4.90 Å². The van der Waals surface area contributed by atoms with Crippen molar-refractivity contribution in [2.75, 3.05) is 12.3 Å². The number of amides is 2. The third kappa shape index (κ3) is 2.08. The molecule has 1 heterocycles. The van der Waals surface area contributed by atoms with E-state index in [9.17, 15) is 9.59 Å². The average Bonchev–Trinajstić information content (AvgIpc) is 2.77. The zero-order chi connectivity index (χ0) is 12.4. The molecule has 2 amide bonds. The molecule has 0 saturated carbocycles. The van der Waals surface area contributed by atoms with E-state index < -0.39 is 11.9 Å². The van der Waals surface area contributed by atoms with Gasteiger partial charge in [0.2, 0.25) is 5.91 Å². The van der Waals surface area contributed by atoms with Gasteiger partial charge in [-0.2, -0.15) is 0 Å². The number of hydrogen-bond donors (Lipinski definition) is 2. The Morgan fingerprint density at radius 1 is 1.29 bits per heavy atom. The number of rotatable bonds is 2. The highest BCUT2D eigenvalue weighted by molar-refractivity contribution is 6.01. The van der Waals surface area contributed by atoms with Crippen LogP contribution in [0.25, 0.3) is 0 Å². The van der Waals surface area contributed by atoms with Gasteiger partial charge in [-0.3, -0.25) is 9.59 Å². The van der Waals surface area contributed by atoms with E-state index in [4.69, 9.17) is 11.5 Å². The first-order valence-corrected chi connectivity index (χ1v) is 5.56. The Balaban J connectivity index is 2.26. The fraction of sp³-hybridized carbons (Fsp3) is 0.333. The standard InChI is InChI=1S/C12H15N3O2/c13-9-5-2-1-4-8(9)12(17)15-7-3-6-10(15)11(14)16/h1-2,4-5,10H,3,6-7,13H2,(H2,14,16). The molecule has 4 N–H and O–H groups in total. The van der Waals surface area contributed by atoms with Gasteiger partial charge in [-0.1, -0.05) is 12.1 Å². The molecule has 5 heteroatoms. The second-order valence-electron chi connectivity index (χ2n) is 4.15. The predicted octanol–water partition coefficient (Wildman–Crippen LogP) is 0.359. The number of benzene rings is 1. The zero-order valence-electron chi connectivity index (χ0n) is 9.43. The summed E-state index contributed by atoms with van der Waals surface area (Å²) in [6.07, 6.45) is 1.43. The van der Waals surface area contributed by atoms with E-state index in [0.717, 1.165) is 6.42 Å². The van der Waals surface area contributed by atoms with Crippen molar-refractivity contribution in [1.29, 1.82) is 0 Å². The minimum Gasteiger partial charge on any atom is -0.398 e. The van der Waals surface area contributed by atoms with E-state index in [1.54, 1.807) is 24.3 Å². The van der Waals surface area contributed by atoms with Crippen LogP contribution in [-0.4, -0.2) is 29.3 Å². The Kier molecular flexibility index (Phi) is 2.99. The minimum atomic E-state index is -0.498. The second-order valence-corrected chi connectivity index (χ2v) is 4.15. The molecule has 0 aliphatic carbocycles. The van der Waals surface area contributed by atoms with Crippen LogP contribution in [0.1, 0.15) is 23.2 Å². The molecule has 1 aromatic rings. The lowest BCUT2D eigenvalue weighted by molar-refractivity contribution is -0.121. The van der Waals surface area contributed by atoms with Crippen LogP contribution in [0.3, 0.4) is 0 Å². The Labute approximate surface area is 99.4 Å². The van der Waals surface area contributed by atoms with Crippen LogP contribution >= 0.6 is 0 Å². The van der Waals surface area contributed by atoms with Gasteiger partial charge in [-0.05, 0) is 25.0 Å². The number of nitrogens with zero attached hydrogens (tertiary/aromatic N) is 1. The molecule has 0 spiro atoms. The molecule has 1 aliphatic heterocycles. The average molecular weight is 233 g/mol. The third-order valence-corrected chi connectivity index (χ3v) is 3.03. The molecule has 1 aliphatic rings. The van der Waals surface area contributed by atoms with Gasteiger partial charge in [-0.15, -0.1) is 0 Å². The molecular formula is C12H15N3O2. The van der Waals surface area contributed by atoms with Crippen molar-refractivity contribution in [2.24, 2.45) is 5.73 Å². The molecule has 90 valence electrons. The summed E-state index contributed by atoms with van der Waals surface area (Å²) in [4.78, 5) is 25.0. The van der Waals surface area contributed by atoms with Crippen molar-refractivity contribution in [3.8, 4) is 0 Å². The normalized spacial score (nSPS) is 19.3. The van der Waals surface area contributed by atoms with E-state index in [-0.39, 0.29) is 5.91 Å². The minimum absolute atomic E-state index is 0.218. The highest BCUT2D eigenvalue weighted by Crippen LogP contribution is 2.22. The molecule has 0 aromatic heterocycles. The van der Waals surface area contributed by atoms with Gasteiger partial charge < -0.3 is 16.4 Å². The Bertz CT molecular complexity index is 459. The van der Waals surface area contributed by atoms with Crippen LogP contribution in [0, 0.1) is 0 Å². The predicted molar refractivity (Wildman–Crippen MR) is 64.1 cm³/mol. The monoisotopic (exact) mass is 233 g/mol. The molecule has 1 saturated heterocycles. The fourth-order valence-electron chi connectivity index (χ4n) is 2.15. The number of hydrogen-bond acceptors (Lipinski definition) is 3. The van der Waals surface area contributed by atoms with E-state index >= 15 is 0 Å². The van der Waals surface area contributed by atoms with E-state index in [1.165, 1.54) is 4.90 Å². The quantitative estimate of drug-likeness (QED) is 0.723. The smallest absolute Gasteiger partial charge is 0.256 e. The van der Waals surface area contributed by atoms with Gasteiger partial charge in [0.15, 0.2) is 0 Å². The molecule has 17 heavy (non-hydrogen) atoms. The van der Waals surface area contributed by atoms with Gasteiger partial charge in [0.05, 0.1) is 5.56 Å². The summed E-state index contributed by atoms with van der Waals surface area (Å²) in [7, 11) is 0. The lowest BCUT2D eigenvalue weighted by Gasteiger charge is -2.22. The van der Waals surface area contributed by atoms with Crippen molar-refractivity contribution in [3.05, 3.63) is 29.8 Å². The number of nitrogen functional groups attached to an aromatic ring is 1. The van der Waals surface area contributed by atoms with Crippen molar-refractivity contribution in [3.63, 3.8) is 0 Å². The van der Waals surface area contributed by atoms with Crippen molar-refractivity contribution < 1.29 is 9.59 Å². The first-order valence-electron chi connectivity index (χ1n) is 5.56. The van der Waals surface area contributed by atoms with Gasteiger partial charge in [0.25, 0.3) is 5.91 Å². The summed E-state index contributed by atoms with van der Waals surface area (Å²) in [5, 5.41) is 0. The van der Waals surface area contributed by atoms with Crippen LogP contribution in [-0.2, 0) is 4.79 Å². The molecule has 1 atom stereocenters. The van der Waals surface area contributed by atoms with Crippen LogP contribution in [0.4, 0.5) is 5.69 Å². The first-order chi connectivity index (χ1) is 8.11. The van der Waals surface area contributed by atoms with Crippen LogP contribution < -0.4 is 11.5 Å². The Morgan fingerprint density at radius 3 is 2.65 bits per heavy atom. The molecule has 0 radical (unpaired) electrons. The third-order valence-electron chi connectivity index (χ3n) is 3.03. The summed E-state index contributed by atoms with van der Waals surface area (Å²) >= 11 is 0. The number of primary amides is 1. The Morgan fingerprint density at radius 2 is 2.00 bits per heavy atom. The summed E-state index contributed by atoms with van der Waals surface area (Å²) in [6, 6.07) is 6.35. The molecule has 1 fully saturated rings. The van der Waals surface area contributed by atoms with Gasteiger partial charge in [-0.25, -0.2) is 0 Å². The molecule has 1 aromatic carbocycles. The SMILES string of the molecule is NC(=O)C1CCCN1C(=O)c1ccccc1N. The Hall–Kier alpha value is -2.04. The van der Waals surface area contributed by atoms with Crippen LogP contribution in [0.15, 0.2) is 24.3 Å². The highest BCUT2D eigenvalue weighted by atomic mass is 16.2. The first kappa shape index (κ1) is 11.4. The topological polar surface area (TPSA) is 89.4 Å². The lowest BCUT2D eigenvalue weighted by Crippen LogP contribution is -2.43. The lowest BCUT2D eigenvalue weighted by atomic mass is 10.1. The van der Waals surface area contributed by atoms with E-state index in [0.29, 0.717) is 24.2 Å². The zero-order valence-corrected chi connectivity index (χ0v) is 9.43. The van der Waals surface area contributed by atoms with Crippen LogP contribution in [0.2, 0.25) is 0 Å². The number of carbonyl (C=O) groups excluding carboxylic acids is 2. The molecule has 2 rings (SSSR count). The second kappa shape index (κ2) is 4.45. The van der Waals surface area contributed by atoms with Gasteiger partial charge >= 0.3 is 0 Å². The summed E-state index contributed by atoms with van der Waals surface area (Å²) in [5.74, 6) is -0.672. The largest absolute Gasteiger partial charge is 0.398 e. The number of likely N-dealkylation sites (tertiary alicyclic amines) is 1. The van der Waals surface area contributed by atoms with Gasteiger partial charge in [0, 0.05) is 12.2 Å². The summed E-state index contributed by atoms with van der Waals surface area (Å²) in [5.41, 5.74) is 11.9. The van der Waals surface area contributed by atoms with Crippen molar-refractivity contribution in [2.45, 2.75) is 18.9 Å². The van der Waals surface area contributed by atoms with Crippen molar-refractivity contribution >= 4 is 17.5 Å². The molecule has 1 unspecified atom stereocenters. The molecule has 0 bridgehead atoms. The number of anilines is 1. The maximum atomic E-state index is 12.2. The summed E-state index contributed by atoms with van der Waals surface area (Å²) in [6.45, 7) is 0.556. The number of carbonyl (C=O) groups is 2. The summed E-state index contributed by atoms with van der Waals surface area (Å²) < 4.78 is 0. The molecule has 5 nitrogen and oxygen atoms in total. The van der Waals surface area contributed by atoms with Gasteiger partial charge in [0.1, 0.15) is 6.04 Å². The number of nitrogens with two attached hydrogens (primary N) is 2. The maximum absolute atomic E-state index is 12.2. The van der Waals surface area contributed by atoms with E-state index in [2.05, 4.69) is 0 Å². The maximum Gasteiger partial charge on any atom is 0.256 e.